The molecule has 3 rings (SSSR count). The van der Waals surface area contributed by atoms with Gasteiger partial charge in [0, 0.05) is 38.5 Å². The fraction of sp³-hybridized carbons (Fsp3) is 0.500. The van der Waals surface area contributed by atoms with E-state index in [2.05, 4.69) is 11.9 Å². The van der Waals surface area contributed by atoms with Crippen molar-refractivity contribution >= 4 is 5.78 Å². The number of nitrogens with zero attached hydrogens (tertiary/aromatic N) is 2. The lowest BCUT2D eigenvalue weighted by Crippen LogP contribution is -2.37. The van der Waals surface area contributed by atoms with Gasteiger partial charge in [-0.3, -0.25) is 9.69 Å². The highest BCUT2D eigenvalue weighted by molar-refractivity contribution is 6.13. The first-order valence-electron chi connectivity index (χ1n) is 7.87. The Kier molecular flexibility index (Phi) is 4.06. The van der Waals surface area contributed by atoms with Crippen molar-refractivity contribution in [2.75, 3.05) is 41.9 Å². The normalized spacial score (nSPS) is 22.0. The monoisotopic (exact) mass is 316 g/mol. The average molecular weight is 316 g/mol. The molecule has 1 heterocycles. The Balaban J connectivity index is 2.28. The van der Waals surface area contributed by atoms with Crippen LogP contribution in [0.3, 0.4) is 0 Å². The van der Waals surface area contributed by atoms with Gasteiger partial charge in [-0.1, -0.05) is 0 Å². The Morgan fingerprint density at radius 1 is 1.30 bits per heavy atom. The van der Waals surface area contributed by atoms with E-state index >= 15 is 0 Å². The molecule has 1 aliphatic carbocycles. The van der Waals surface area contributed by atoms with Gasteiger partial charge in [-0.05, 0) is 37.1 Å². The number of hydrogen-bond acceptors (Lipinski definition) is 5. The van der Waals surface area contributed by atoms with E-state index in [1.807, 2.05) is 31.3 Å². The van der Waals surface area contributed by atoms with Crippen molar-refractivity contribution < 1.29 is 14.3 Å². The van der Waals surface area contributed by atoms with Gasteiger partial charge in [0.1, 0.15) is 0 Å². The quantitative estimate of drug-likeness (QED) is 0.800. The fourth-order valence-corrected chi connectivity index (χ4v) is 3.69. The molecule has 5 nitrogen and oxygen atoms in total. The third-order valence-electron chi connectivity index (χ3n) is 4.74. The number of methoxy groups -OCH3 is 2. The van der Waals surface area contributed by atoms with Crippen LogP contribution < -0.4 is 9.47 Å². The zero-order valence-electron chi connectivity index (χ0n) is 14.5. The molecule has 23 heavy (non-hydrogen) atoms. The highest BCUT2D eigenvalue weighted by atomic mass is 16.5. The van der Waals surface area contributed by atoms with Crippen molar-refractivity contribution in [3.8, 4) is 11.5 Å². The summed E-state index contributed by atoms with van der Waals surface area (Å²) >= 11 is 0. The van der Waals surface area contributed by atoms with Gasteiger partial charge in [0.2, 0.25) is 0 Å². The van der Waals surface area contributed by atoms with Crippen LogP contribution in [0, 0.1) is 0 Å². The molecule has 0 radical (unpaired) electrons. The summed E-state index contributed by atoms with van der Waals surface area (Å²) in [5.41, 5.74) is 3.83. The van der Waals surface area contributed by atoms with Crippen molar-refractivity contribution in [2.24, 2.45) is 0 Å². The van der Waals surface area contributed by atoms with Crippen molar-refractivity contribution in [3.05, 3.63) is 34.5 Å². The van der Waals surface area contributed by atoms with Crippen LogP contribution in [0.25, 0.3) is 0 Å². The number of hydrogen-bond donors (Lipinski definition) is 0. The Morgan fingerprint density at radius 2 is 2.04 bits per heavy atom. The smallest absolute Gasteiger partial charge is 0.194 e. The van der Waals surface area contributed by atoms with E-state index < -0.39 is 0 Å². The maximum absolute atomic E-state index is 13.1. The molecule has 5 heteroatoms. The second-order valence-electron chi connectivity index (χ2n) is 6.46. The molecule has 0 bridgehead atoms. The van der Waals surface area contributed by atoms with E-state index in [4.69, 9.17) is 9.47 Å². The Labute approximate surface area is 137 Å². The molecule has 1 atom stereocenters. The molecule has 1 unspecified atom stereocenters. The summed E-state index contributed by atoms with van der Waals surface area (Å²) in [5, 5.41) is 0. The molecule has 1 aromatic carbocycles. The molecule has 0 N–H and O–H groups in total. The number of carbonyl (C=O) groups excluding carboxylic acids is 1. The van der Waals surface area contributed by atoms with Crippen LogP contribution in [0.2, 0.25) is 0 Å². The van der Waals surface area contributed by atoms with E-state index in [1.165, 1.54) is 5.56 Å². The number of likely N-dealkylation sites (N-methyl/N-ethyl adjacent to an activating group) is 1. The molecule has 0 saturated heterocycles. The third-order valence-corrected chi connectivity index (χ3v) is 4.74. The molecule has 0 fully saturated rings. The van der Waals surface area contributed by atoms with Crippen LogP contribution in [0.15, 0.2) is 17.8 Å². The van der Waals surface area contributed by atoms with E-state index in [0.29, 0.717) is 17.1 Å². The molecule has 0 aromatic heterocycles. The predicted octanol–water partition coefficient (Wildman–Crippen LogP) is 2.26. The molecular weight excluding hydrogens is 292 g/mol. The molecule has 124 valence electrons. The fourth-order valence-electron chi connectivity index (χ4n) is 3.69. The second-order valence-corrected chi connectivity index (χ2v) is 6.46. The summed E-state index contributed by atoms with van der Waals surface area (Å²) in [6.45, 7) is 0.982. The van der Waals surface area contributed by atoms with Gasteiger partial charge in [0.05, 0.1) is 19.8 Å². The highest BCUT2D eigenvalue weighted by Crippen LogP contribution is 2.48. The standard InChI is InChI=1S/C18H24N2O3/c1-19(2)10-12-8-13-15-11(6-7-20(13)3)9-14(22-4)18(23-5)16(15)17(12)21/h9-10,13H,6-8H2,1-5H3/b12-10+. The van der Waals surface area contributed by atoms with E-state index in [-0.39, 0.29) is 11.8 Å². The first kappa shape index (κ1) is 15.9. The number of Topliss-reactive ketones (excluding diaryl/α,β-unsaturated/α-hetero) is 1. The molecule has 0 spiro atoms. The number of ketones is 1. The SMILES string of the molecule is COc1cc2c3c(c1OC)C(=O)/C(=C/N(C)C)CC3N(C)CC2. The van der Waals surface area contributed by atoms with Crippen molar-refractivity contribution in [1.29, 1.82) is 0 Å². The molecular formula is C18H24N2O3. The zero-order chi connectivity index (χ0) is 16.7. The summed E-state index contributed by atoms with van der Waals surface area (Å²) in [6.07, 6.45) is 3.59. The lowest BCUT2D eigenvalue weighted by Gasteiger charge is -2.40. The second kappa shape index (κ2) is 5.89. The van der Waals surface area contributed by atoms with Gasteiger partial charge >= 0.3 is 0 Å². The summed E-state index contributed by atoms with van der Waals surface area (Å²) < 4.78 is 11.0. The van der Waals surface area contributed by atoms with Gasteiger partial charge in [-0.25, -0.2) is 0 Å². The number of benzene rings is 1. The average Bonchev–Trinajstić information content (AvgIpc) is 2.52. The molecule has 0 amide bonds. The van der Waals surface area contributed by atoms with Gasteiger partial charge in [-0.15, -0.1) is 0 Å². The van der Waals surface area contributed by atoms with Crippen molar-refractivity contribution in [1.82, 2.24) is 9.80 Å². The van der Waals surface area contributed by atoms with Gasteiger partial charge in [-0.2, -0.15) is 0 Å². The molecule has 2 aliphatic rings. The number of ether oxygens (including phenoxy) is 2. The van der Waals surface area contributed by atoms with Crippen LogP contribution in [0.5, 0.6) is 11.5 Å². The first-order chi connectivity index (χ1) is 11.0. The van der Waals surface area contributed by atoms with Gasteiger partial charge in [0.15, 0.2) is 17.3 Å². The Bertz CT molecular complexity index is 679. The topological polar surface area (TPSA) is 42.0 Å². The van der Waals surface area contributed by atoms with Crippen molar-refractivity contribution in [2.45, 2.75) is 18.9 Å². The lowest BCUT2D eigenvalue weighted by molar-refractivity contribution is 0.0992. The first-order valence-corrected chi connectivity index (χ1v) is 7.87. The summed E-state index contributed by atoms with van der Waals surface area (Å²) in [6, 6.07) is 2.25. The molecule has 1 aromatic rings. The van der Waals surface area contributed by atoms with Crippen LogP contribution in [-0.2, 0) is 6.42 Å². The minimum Gasteiger partial charge on any atom is -0.493 e. The summed E-state index contributed by atoms with van der Waals surface area (Å²) in [5.74, 6) is 1.25. The largest absolute Gasteiger partial charge is 0.493 e. The number of rotatable bonds is 3. The lowest BCUT2D eigenvalue weighted by atomic mass is 9.77. The molecule has 1 aliphatic heterocycles. The van der Waals surface area contributed by atoms with Crippen LogP contribution in [0.4, 0.5) is 0 Å². The Morgan fingerprint density at radius 3 is 2.65 bits per heavy atom. The van der Waals surface area contributed by atoms with Crippen LogP contribution in [-0.4, -0.2) is 57.5 Å². The molecule has 0 saturated carbocycles. The van der Waals surface area contributed by atoms with E-state index in [0.717, 1.165) is 30.5 Å². The summed E-state index contributed by atoms with van der Waals surface area (Å²) in [4.78, 5) is 17.3. The summed E-state index contributed by atoms with van der Waals surface area (Å²) in [7, 11) is 9.22. The minimum absolute atomic E-state index is 0.0530. The highest BCUT2D eigenvalue weighted by Gasteiger charge is 2.39. The van der Waals surface area contributed by atoms with E-state index in [9.17, 15) is 4.79 Å². The van der Waals surface area contributed by atoms with E-state index in [1.54, 1.807) is 14.2 Å². The van der Waals surface area contributed by atoms with Gasteiger partial charge in [0.25, 0.3) is 0 Å². The van der Waals surface area contributed by atoms with Crippen LogP contribution in [0.1, 0.15) is 33.9 Å². The zero-order valence-corrected chi connectivity index (χ0v) is 14.5. The third kappa shape index (κ3) is 2.49. The van der Waals surface area contributed by atoms with Crippen LogP contribution >= 0.6 is 0 Å². The maximum Gasteiger partial charge on any atom is 0.194 e. The minimum atomic E-state index is 0.0530. The predicted molar refractivity (Wildman–Crippen MR) is 89.3 cm³/mol. The maximum atomic E-state index is 13.1. The van der Waals surface area contributed by atoms with Gasteiger partial charge < -0.3 is 14.4 Å². The number of carbonyl (C=O) groups is 1. The van der Waals surface area contributed by atoms with Crippen molar-refractivity contribution in [3.63, 3.8) is 0 Å². The Hall–Kier alpha value is -2.01.